The molecular formula is C16H28IN3O. The lowest BCUT2D eigenvalue weighted by atomic mass is 10.1. The number of guanidine groups is 1. The van der Waals surface area contributed by atoms with Crippen LogP contribution in [0, 0.1) is 5.92 Å². The minimum atomic E-state index is 0. The summed E-state index contributed by atoms with van der Waals surface area (Å²) in [6.07, 6.45) is 1.11. The molecule has 0 aliphatic carbocycles. The highest BCUT2D eigenvalue weighted by Gasteiger charge is 1.98. The first-order valence-corrected chi connectivity index (χ1v) is 7.42. The minimum Gasteiger partial charge on any atom is -0.492 e. The summed E-state index contributed by atoms with van der Waals surface area (Å²) in [5.74, 6) is 2.45. The van der Waals surface area contributed by atoms with Crippen LogP contribution in [-0.2, 0) is 0 Å². The Hall–Kier alpha value is -0.980. The first kappa shape index (κ1) is 20.0. The van der Waals surface area contributed by atoms with Crippen molar-refractivity contribution in [2.24, 2.45) is 10.9 Å². The van der Waals surface area contributed by atoms with Crippen LogP contribution in [0.25, 0.3) is 0 Å². The monoisotopic (exact) mass is 405 g/mol. The lowest BCUT2D eigenvalue weighted by Crippen LogP contribution is -2.39. The second-order valence-electron chi connectivity index (χ2n) is 5.03. The molecule has 0 atom stereocenters. The lowest BCUT2D eigenvalue weighted by Gasteiger charge is -2.12. The number of para-hydroxylation sites is 1. The number of ether oxygens (including phenoxy) is 1. The van der Waals surface area contributed by atoms with E-state index in [1.54, 1.807) is 0 Å². The van der Waals surface area contributed by atoms with Gasteiger partial charge in [0.15, 0.2) is 5.96 Å². The van der Waals surface area contributed by atoms with E-state index in [1.165, 1.54) is 0 Å². The summed E-state index contributed by atoms with van der Waals surface area (Å²) in [5, 5.41) is 6.52. The van der Waals surface area contributed by atoms with Gasteiger partial charge in [-0.2, -0.15) is 0 Å². The third kappa shape index (κ3) is 10.4. The Kier molecular flexibility index (Phi) is 12.1. The fourth-order valence-electron chi connectivity index (χ4n) is 1.63. The molecule has 0 aromatic heterocycles. The maximum atomic E-state index is 5.63. The highest BCUT2D eigenvalue weighted by atomic mass is 127. The smallest absolute Gasteiger partial charge is 0.191 e. The van der Waals surface area contributed by atoms with Crippen molar-refractivity contribution in [3.63, 3.8) is 0 Å². The predicted octanol–water partition coefficient (Wildman–Crippen LogP) is 3.28. The van der Waals surface area contributed by atoms with Gasteiger partial charge in [-0.25, -0.2) is 0 Å². The fourth-order valence-corrected chi connectivity index (χ4v) is 1.63. The Morgan fingerprint density at radius 3 is 2.52 bits per heavy atom. The molecule has 0 radical (unpaired) electrons. The van der Waals surface area contributed by atoms with E-state index in [0.29, 0.717) is 12.5 Å². The Morgan fingerprint density at radius 2 is 1.90 bits per heavy atom. The Morgan fingerprint density at radius 1 is 1.19 bits per heavy atom. The second kappa shape index (κ2) is 12.7. The molecule has 120 valence electrons. The molecule has 0 spiro atoms. The number of benzene rings is 1. The van der Waals surface area contributed by atoms with Gasteiger partial charge in [0.25, 0.3) is 0 Å². The zero-order chi connectivity index (χ0) is 14.6. The van der Waals surface area contributed by atoms with Crippen molar-refractivity contribution < 1.29 is 4.74 Å². The van der Waals surface area contributed by atoms with E-state index in [-0.39, 0.29) is 24.0 Å². The number of hydrogen-bond acceptors (Lipinski definition) is 2. The summed E-state index contributed by atoms with van der Waals surface area (Å²) in [6.45, 7) is 9.58. The molecule has 0 saturated carbocycles. The van der Waals surface area contributed by atoms with E-state index in [9.17, 15) is 0 Å². The number of nitrogens with one attached hydrogen (secondary N) is 2. The fraction of sp³-hybridized carbons (Fsp3) is 0.562. The Bertz CT molecular complexity index is 382. The number of hydrogen-bond donors (Lipinski definition) is 2. The molecule has 2 N–H and O–H groups in total. The van der Waals surface area contributed by atoms with Crippen LogP contribution in [0.4, 0.5) is 0 Å². The molecular weight excluding hydrogens is 377 g/mol. The van der Waals surface area contributed by atoms with Gasteiger partial charge in [0, 0.05) is 13.1 Å². The zero-order valence-corrected chi connectivity index (χ0v) is 15.6. The number of aliphatic imine (C=N–C) groups is 1. The van der Waals surface area contributed by atoms with Crippen LogP contribution < -0.4 is 15.4 Å². The van der Waals surface area contributed by atoms with Gasteiger partial charge in [-0.3, -0.25) is 4.99 Å². The Labute approximate surface area is 145 Å². The Balaban J connectivity index is 0.00000400. The van der Waals surface area contributed by atoms with Crippen LogP contribution in [0.15, 0.2) is 35.3 Å². The van der Waals surface area contributed by atoms with Gasteiger partial charge in [0.05, 0.1) is 6.54 Å². The van der Waals surface area contributed by atoms with Gasteiger partial charge in [-0.15, -0.1) is 24.0 Å². The molecule has 0 heterocycles. The number of rotatable bonds is 8. The van der Waals surface area contributed by atoms with E-state index in [1.807, 2.05) is 30.3 Å². The van der Waals surface area contributed by atoms with Crippen molar-refractivity contribution in [1.82, 2.24) is 10.6 Å². The predicted molar refractivity (Wildman–Crippen MR) is 101 cm³/mol. The van der Waals surface area contributed by atoms with Crippen molar-refractivity contribution in [2.45, 2.75) is 27.2 Å². The number of nitrogens with zero attached hydrogens (tertiary/aromatic N) is 1. The summed E-state index contributed by atoms with van der Waals surface area (Å²) in [7, 11) is 0. The highest BCUT2D eigenvalue weighted by molar-refractivity contribution is 14.0. The molecule has 1 aromatic carbocycles. The molecule has 1 rings (SSSR count). The van der Waals surface area contributed by atoms with Crippen LogP contribution >= 0.6 is 24.0 Å². The van der Waals surface area contributed by atoms with Crippen LogP contribution in [-0.4, -0.2) is 32.2 Å². The quantitative estimate of drug-likeness (QED) is 0.302. The highest BCUT2D eigenvalue weighted by Crippen LogP contribution is 2.07. The molecule has 0 aliphatic heterocycles. The van der Waals surface area contributed by atoms with Gasteiger partial charge >= 0.3 is 0 Å². The molecule has 4 nitrogen and oxygen atoms in total. The SMILES string of the molecule is CCNC(=NCCC(C)C)NCCOc1ccccc1.I. The topological polar surface area (TPSA) is 45.7 Å². The minimum absolute atomic E-state index is 0. The second-order valence-corrected chi connectivity index (χ2v) is 5.03. The van der Waals surface area contributed by atoms with Crippen LogP contribution in [0.2, 0.25) is 0 Å². The third-order valence-electron chi connectivity index (χ3n) is 2.73. The molecule has 0 bridgehead atoms. The van der Waals surface area contributed by atoms with Gasteiger partial charge in [0.1, 0.15) is 12.4 Å². The van der Waals surface area contributed by atoms with Crippen molar-refractivity contribution in [2.75, 3.05) is 26.2 Å². The molecule has 5 heteroatoms. The summed E-state index contributed by atoms with van der Waals surface area (Å²) in [5.41, 5.74) is 0. The van der Waals surface area contributed by atoms with Crippen molar-refractivity contribution in [1.29, 1.82) is 0 Å². The van der Waals surface area contributed by atoms with E-state index >= 15 is 0 Å². The van der Waals surface area contributed by atoms with E-state index in [4.69, 9.17) is 4.74 Å². The van der Waals surface area contributed by atoms with E-state index in [0.717, 1.165) is 37.8 Å². The molecule has 0 amide bonds. The molecule has 0 fully saturated rings. The number of halogens is 1. The summed E-state index contributed by atoms with van der Waals surface area (Å²) < 4.78 is 5.63. The normalized spacial score (nSPS) is 11.0. The van der Waals surface area contributed by atoms with Crippen LogP contribution in [0.3, 0.4) is 0 Å². The average Bonchev–Trinajstić information content (AvgIpc) is 2.44. The molecule has 0 unspecified atom stereocenters. The third-order valence-corrected chi connectivity index (χ3v) is 2.73. The first-order chi connectivity index (χ1) is 9.72. The summed E-state index contributed by atoms with van der Waals surface area (Å²) in [4.78, 5) is 4.54. The van der Waals surface area contributed by atoms with Gasteiger partial charge in [-0.1, -0.05) is 32.0 Å². The molecule has 1 aromatic rings. The van der Waals surface area contributed by atoms with E-state index in [2.05, 4.69) is 36.4 Å². The van der Waals surface area contributed by atoms with Crippen molar-refractivity contribution >= 4 is 29.9 Å². The van der Waals surface area contributed by atoms with E-state index < -0.39 is 0 Å². The largest absolute Gasteiger partial charge is 0.492 e. The van der Waals surface area contributed by atoms with Gasteiger partial charge in [0.2, 0.25) is 0 Å². The first-order valence-electron chi connectivity index (χ1n) is 7.42. The summed E-state index contributed by atoms with van der Waals surface area (Å²) in [6, 6.07) is 9.85. The maximum Gasteiger partial charge on any atom is 0.191 e. The van der Waals surface area contributed by atoms with Gasteiger partial charge in [-0.05, 0) is 31.4 Å². The molecule has 0 saturated heterocycles. The summed E-state index contributed by atoms with van der Waals surface area (Å²) >= 11 is 0. The molecule has 0 aliphatic rings. The standard InChI is InChI=1S/C16H27N3O.HI/c1-4-17-16(18-11-10-14(2)3)19-12-13-20-15-8-6-5-7-9-15;/h5-9,14H,4,10-13H2,1-3H3,(H2,17,18,19);1H. The average molecular weight is 405 g/mol. The zero-order valence-electron chi connectivity index (χ0n) is 13.3. The maximum absolute atomic E-state index is 5.63. The molecule has 21 heavy (non-hydrogen) atoms. The van der Waals surface area contributed by atoms with Crippen LogP contribution in [0.5, 0.6) is 5.75 Å². The van der Waals surface area contributed by atoms with Crippen LogP contribution in [0.1, 0.15) is 27.2 Å². The van der Waals surface area contributed by atoms with Crippen molar-refractivity contribution in [3.8, 4) is 5.75 Å². The lowest BCUT2D eigenvalue weighted by molar-refractivity contribution is 0.322. The van der Waals surface area contributed by atoms with Gasteiger partial charge < -0.3 is 15.4 Å². The van der Waals surface area contributed by atoms with Crippen molar-refractivity contribution in [3.05, 3.63) is 30.3 Å².